The smallest absolute Gasteiger partial charge is 0.0449 e. The molecule has 0 aliphatic carbocycles. The number of nitrogens with zero attached hydrogens (tertiary/aromatic N) is 2. The minimum absolute atomic E-state index is 1.15. The summed E-state index contributed by atoms with van der Waals surface area (Å²) >= 11 is 0. The third kappa shape index (κ3) is 5.59. The Morgan fingerprint density at radius 3 is 0.938 bits per heavy atom. The molecular formula is C46H36N2. The Bertz CT molecular complexity index is 2160. The molecule has 0 bridgehead atoms. The molecule has 0 N–H and O–H groups in total. The highest BCUT2D eigenvalue weighted by Gasteiger charge is 2.16. The highest BCUT2D eigenvalue weighted by molar-refractivity contribution is 5.88. The van der Waals surface area contributed by atoms with Gasteiger partial charge in [-0.05, 0) is 82.6 Å². The van der Waals surface area contributed by atoms with E-state index in [0.717, 1.165) is 11.4 Å². The average Bonchev–Trinajstić information content (AvgIpc) is 3.80. The van der Waals surface area contributed by atoms with Crippen LogP contribution >= 0.6 is 0 Å². The Labute approximate surface area is 282 Å². The predicted octanol–water partition coefficient (Wildman–Crippen LogP) is 12.2. The van der Waals surface area contributed by atoms with Crippen LogP contribution in [0.5, 0.6) is 0 Å². The van der Waals surface area contributed by atoms with E-state index in [2.05, 4.69) is 205 Å². The lowest BCUT2D eigenvalue weighted by Crippen LogP contribution is -1.91. The molecule has 0 aliphatic rings. The highest BCUT2D eigenvalue weighted by atomic mass is 15.0. The van der Waals surface area contributed by atoms with Crippen LogP contribution in [-0.4, -0.2) is 9.13 Å². The molecule has 2 heterocycles. The molecule has 2 aromatic heterocycles. The third-order valence-electron chi connectivity index (χ3n) is 9.30. The highest BCUT2D eigenvalue weighted by Crippen LogP contribution is 2.39. The van der Waals surface area contributed by atoms with Gasteiger partial charge in [0.1, 0.15) is 0 Å². The van der Waals surface area contributed by atoms with Crippen molar-refractivity contribution < 1.29 is 0 Å². The Morgan fingerprint density at radius 1 is 0.292 bits per heavy atom. The Morgan fingerprint density at radius 2 is 0.604 bits per heavy atom. The van der Waals surface area contributed by atoms with E-state index < -0.39 is 0 Å². The fourth-order valence-electron chi connectivity index (χ4n) is 6.83. The van der Waals surface area contributed by atoms with Crippen LogP contribution in [0, 0.1) is 13.8 Å². The van der Waals surface area contributed by atoms with Gasteiger partial charge in [0.25, 0.3) is 0 Å². The molecule has 48 heavy (non-hydrogen) atoms. The van der Waals surface area contributed by atoms with Gasteiger partial charge in [-0.1, -0.05) is 133 Å². The summed E-state index contributed by atoms with van der Waals surface area (Å²) in [5.74, 6) is 0. The van der Waals surface area contributed by atoms with Crippen LogP contribution in [0.2, 0.25) is 0 Å². The summed E-state index contributed by atoms with van der Waals surface area (Å²) in [5, 5.41) is 0. The Kier molecular flexibility index (Phi) is 7.68. The van der Waals surface area contributed by atoms with Gasteiger partial charge < -0.3 is 9.13 Å². The van der Waals surface area contributed by atoms with Crippen molar-refractivity contribution in [3.8, 4) is 67.0 Å². The van der Waals surface area contributed by atoms with Gasteiger partial charge in [-0.3, -0.25) is 0 Å². The molecule has 6 aromatic carbocycles. The van der Waals surface area contributed by atoms with E-state index in [-0.39, 0.29) is 0 Å². The van der Waals surface area contributed by atoms with Crippen molar-refractivity contribution in [2.45, 2.75) is 13.8 Å². The maximum atomic E-state index is 2.34. The molecule has 0 radical (unpaired) electrons. The monoisotopic (exact) mass is 616 g/mol. The number of para-hydroxylation sites is 2. The molecule has 0 atom stereocenters. The summed E-state index contributed by atoms with van der Waals surface area (Å²) < 4.78 is 4.47. The number of benzene rings is 6. The molecule has 0 amide bonds. The minimum Gasteiger partial charge on any atom is -0.323 e. The summed E-state index contributed by atoms with van der Waals surface area (Å²) in [6.07, 6.45) is 9.03. The second-order valence-electron chi connectivity index (χ2n) is 12.4. The third-order valence-corrected chi connectivity index (χ3v) is 9.30. The summed E-state index contributed by atoms with van der Waals surface area (Å²) in [5.41, 5.74) is 17.1. The average molecular weight is 617 g/mol. The van der Waals surface area contributed by atoms with Gasteiger partial charge in [0, 0.05) is 58.4 Å². The van der Waals surface area contributed by atoms with Gasteiger partial charge >= 0.3 is 0 Å². The summed E-state index contributed by atoms with van der Waals surface area (Å²) in [6.45, 7) is 4.46. The molecule has 2 heteroatoms. The van der Waals surface area contributed by atoms with Crippen LogP contribution < -0.4 is 0 Å². The second kappa shape index (κ2) is 12.6. The van der Waals surface area contributed by atoms with Crippen molar-refractivity contribution in [2.24, 2.45) is 0 Å². The molecule has 8 rings (SSSR count). The zero-order valence-electron chi connectivity index (χ0n) is 27.2. The van der Waals surface area contributed by atoms with Crippen molar-refractivity contribution in [3.63, 3.8) is 0 Å². The van der Waals surface area contributed by atoms with Gasteiger partial charge in [0.15, 0.2) is 0 Å². The molecule has 230 valence electrons. The van der Waals surface area contributed by atoms with Crippen LogP contribution in [0.1, 0.15) is 11.1 Å². The number of hydrogen-bond acceptors (Lipinski definition) is 0. The molecule has 0 unspecified atom stereocenters. The lowest BCUT2D eigenvalue weighted by molar-refractivity contribution is 1.08. The van der Waals surface area contributed by atoms with E-state index in [0.29, 0.717) is 0 Å². The normalized spacial score (nSPS) is 11.1. The van der Waals surface area contributed by atoms with Crippen LogP contribution in [0.4, 0.5) is 0 Å². The van der Waals surface area contributed by atoms with Crippen LogP contribution in [0.3, 0.4) is 0 Å². The number of hydrogen-bond donors (Lipinski definition) is 0. The first kappa shape index (κ1) is 29.3. The van der Waals surface area contributed by atoms with Crippen molar-refractivity contribution >= 4 is 0 Å². The predicted molar refractivity (Wildman–Crippen MR) is 202 cm³/mol. The first-order chi connectivity index (χ1) is 23.6. The van der Waals surface area contributed by atoms with E-state index in [1.807, 2.05) is 0 Å². The first-order valence-electron chi connectivity index (χ1n) is 16.5. The number of aromatic nitrogens is 2. The SMILES string of the molecule is Cc1cc(-c2cn(-c3ccccc3)cc2-c2ccccc2)ccc1-c1ccc(-c2cn(-c3ccccc3)cc2-c2ccccc2)cc1C. The molecule has 0 saturated carbocycles. The topological polar surface area (TPSA) is 9.86 Å². The van der Waals surface area contributed by atoms with Crippen LogP contribution in [-0.2, 0) is 0 Å². The van der Waals surface area contributed by atoms with Gasteiger partial charge in [-0.2, -0.15) is 0 Å². The zero-order chi connectivity index (χ0) is 32.5. The molecule has 0 fully saturated rings. The van der Waals surface area contributed by atoms with Gasteiger partial charge in [0.05, 0.1) is 0 Å². The van der Waals surface area contributed by atoms with E-state index in [4.69, 9.17) is 0 Å². The van der Waals surface area contributed by atoms with Crippen molar-refractivity contribution in [3.05, 3.63) is 194 Å². The van der Waals surface area contributed by atoms with E-state index in [9.17, 15) is 0 Å². The quantitative estimate of drug-likeness (QED) is 0.169. The Balaban J connectivity index is 1.17. The minimum atomic E-state index is 1.15. The van der Waals surface area contributed by atoms with Crippen molar-refractivity contribution in [1.82, 2.24) is 9.13 Å². The van der Waals surface area contributed by atoms with Crippen molar-refractivity contribution in [2.75, 3.05) is 0 Å². The van der Waals surface area contributed by atoms with Gasteiger partial charge in [0.2, 0.25) is 0 Å². The molecule has 0 saturated heterocycles. The lowest BCUT2D eigenvalue weighted by atomic mass is 9.90. The summed E-state index contributed by atoms with van der Waals surface area (Å²) in [7, 11) is 0. The summed E-state index contributed by atoms with van der Waals surface area (Å²) in [4.78, 5) is 0. The largest absolute Gasteiger partial charge is 0.323 e. The molecule has 8 aromatic rings. The van der Waals surface area contributed by atoms with Gasteiger partial charge in [-0.15, -0.1) is 0 Å². The van der Waals surface area contributed by atoms with Crippen molar-refractivity contribution in [1.29, 1.82) is 0 Å². The molecule has 2 nitrogen and oxygen atoms in total. The first-order valence-corrected chi connectivity index (χ1v) is 16.5. The van der Waals surface area contributed by atoms with Gasteiger partial charge in [-0.25, -0.2) is 0 Å². The fourth-order valence-corrected chi connectivity index (χ4v) is 6.83. The van der Waals surface area contributed by atoms with E-state index >= 15 is 0 Å². The standard InChI is InChI=1S/C46H36N2/c1-33-27-37(45-31-47(39-19-11-5-12-20-39)29-43(45)35-15-7-3-8-16-35)23-25-41(33)42-26-24-38(28-34(42)2)46-32-48(40-21-13-6-14-22-40)30-44(46)36-17-9-4-10-18-36/h3-32H,1-2H3. The maximum Gasteiger partial charge on any atom is 0.0449 e. The van der Waals surface area contributed by atoms with Crippen LogP contribution in [0.15, 0.2) is 183 Å². The number of aryl methyl sites for hydroxylation is 2. The van der Waals surface area contributed by atoms with E-state index in [1.165, 1.54) is 66.8 Å². The molecule has 0 aliphatic heterocycles. The molecule has 0 spiro atoms. The second-order valence-corrected chi connectivity index (χ2v) is 12.4. The van der Waals surface area contributed by atoms with Crippen LogP contribution in [0.25, 0.3) is 67.0 Å². The summed E-state index contributed by atoms with van der Waals surface area (Å²) in [6, 6.07) is 56.3. The lowest BCUT2D eigenvalue weighted by Gasteiger charge is -2.14. The molecular weight excluding hydrogens is 581 g/mol. The zero-order valence-corrected chi connectivity index (χ0v) is 27.2. The van der Waals surface area contributed by atoms with E-state index in [1.54, 1.807) is 0 Å². The number of rotatable bonds is 7. The maximum absolute atomic E-state index is 2.34. The Hall–Kier alpha value is -6.12. The fraction of sp³-hybridized carbons (Fsp3) is 0.0435.